The average Bonchev–Trinajstić information content (AvgIpc) is 2.81. The van der Waals surface area contributed by atoms with Crippen LogP contribution < -0.4 is 10.6 Å². The van der Waals surface area contributed by atoms with Crippen molar-refractivity contribution in [3.8, 4) is 0 Å². The van der Waals surface area contributed by atoms with Crippen LogP contribution in [-0.4, -0.2) is 36.9 Å². The van der Waals surface area contributed by atoms with Crippen molar-refractivity contribution in [2.24, 2.45) is 0 Å². The van der Waals surface area contributed by atoms with E-state index in [0.717, 1.165) is 13.2 Å². The minimum Gasteiger partial charge on any atom is -0.378 e. The van der Waals surface area contributed by atoms with Crippen LogP contribution in [0.5, 0.6) is 0 Å². The number of nitrogens with zero attached hydrogens (tertiary/aromatic N) is 1. The van der Waals surface area contributed by atoms with Crippen LogP contribution in [0.3, 0.4) is 0 Å². The highest BCUT2D eigenvalue weighted by molar-refractivity contribution is 5.76. The fraction of sp³-hybridized carbons (Fsp3) is 0.600. The van der Waals surface area contributed by atoms with Crippen molar-refractivity contribution in [3.05, 3.63) is 18.0 Å². The van der Waals surface area contributed by atoms with Gasteiger partial charge in [-0.05, 0) is 0 Å². The van der Waals surface area contributed by atoms with Gasteiger partial charge in [0, 0.05) is 25.1 Å². The quantitative estimate of drug-likeness (QED) is 0.733. The van der Waals surface area contributed by atoms with Gasteiger partial charge in [0.15, 0.2) is 5.76 Å². The Morgan fingerprint density at radius 1 is 1.69 bits per heavy atom. The summed E-state index contributed by atoms with van der Waals surface area (Å²) in [5.41, 5.74) is 0. The van der Waals surface area contributed by atoms with Gasteiger partial charge in [-0.15, -0.1) is 0 Å². The Labute approximate surface area is 93.3 Å². The van der Waals surface area contributed by atoms with Gasteiger partial charge in [0.05, 0.1) is 26.0 Å². The lowest BCUT2D eigenvalue weighted by Gasteiger charge is -2.23. The number of morpholine rings is 1. The van der Waals surface area contributed by atoms with Gasteiger partial charge < -0.3 is 19.9 Å². The third kappa shape index (κ3) is 3.32. The second-order valence-corrected chi connectivity index (χ2v) is 3.69. The molecular formula is C10H15N3O3. The van der Waals surface area contributed by atoms with Crippen LogP contribution >= 0.6 is 0 Å². The van der Waals surface area contributed by atoms with Gasteiger partial charge in [0.1, 0.15) is 0 Å². The van der Waals surface area contributed by atoms with Crippen LogP contribution in [0.4, 0.5) is 0 Å². The maximum absolute atomic E-state index is 11.5. The Hall–Kier alpha value is -1.40. The summed E-state index contributed by atoms with van der Waals surface area (Å²) in [7, 11) is 0. The number of hydrogen-bond acceptors (Lipinski definition) is 5. The maximum Gasteiger partial charge on any atom is 0.222 e. The van der Waals surface area contributed by atoms with E-state index >= 15 is 0 Å². The molecule has 0 radical (unpaired) electrons. The molecule has 0 bridgehead atoms. The summed E-state index contributed by atoms with van der Waals surface area (Å²) >= 11 is 0. The smallest absolute Gasteiger partial charge is 0.222 e. The van der Waals surface area contributed by atoms with Crippen LogP contribution in [0.25, 0.3) is 0 Å². The van der Waals surface area contributed by atoms with E-state index in [2.05, 4.69) is 15.8 Å². The van der Waals surface area contributed by atoms with Gasteiger partial charge in [0.25, 0.3) is 0 Å². The second-order valence-electron chi connectivity index (χ2n) is 3.69. The molecule has 0 spiro atoms. The number of carbonyl (C=O) groups excluding carboxylic acids is 1. The third-order valence-corrected chi connectivity index (χ3v) is 2.38. The van der Waals surface area contributed by atoms with E-state index in [4.69, 9.17) is 9.26 Å². The Morgan fingerprint density at radius 2 is 2.62 bits per heavy atom. The minimum absolute atomic E-state index is 0.0144. The Kier molecular flexibility index (Phi) is 3.90. The van der Waals surface area contributed by atoms with Gasteiger partial charge >= 0.3 is 0 Å². The summed E-state index contributed by atoms with van der Waals surface area (Å²) in [4.78, 5) is 11.5. The summed E-state index contributed by atoms with van der Waals surface area (Å²) in [6.45, 7) is 2.50. The molecule has 1 saturated heterocycles. The highest BCUT2D eigenvalue weighted by Crippen LogP contribution is 2.00. The second kappa shape index (κ2) is 5.62. The molecule has 1 atom stereocenters. The first kappa shape index (κ1) is 11.1. The molecule has 1 aliphatic heterocycles. The fourth-order valence-corrected chi connectivity index (χ4v) is 1.57. The monoisotopic (exact) mass is 225 g/mol. The number of hydrogen-bond donors (Lipinski definition) is 2. The SMILES string of the molecule is O=C(CC1COCCN1)NCc1ccno1. The van der Waals surface area contributed by atoms with Crippen molar-refractivity contribution in [2.75, 3.05) is 19.8 Å². The molecule has 0 aromatic carbocycles. The van der Waals surface area contributed by atoms with Crippen molar-refractivity contribution in [2.45, 2.75) is 19.0 Å². The summed E-state index contributed by atoms with van der Waals surface area (Å²) < 4.78 is 10.1. The Balaban J connectivity index is 1.67. The topological polar surface area (TPSA) is 76.4 Å². The zero-order valence-electron chi connectivity index (χ0n) is 8.94. The summed E-state index contributed by atoms with van der Waals surface area (Å²) in [6.07, 6.45) is 1.98. The molecule has 1 aromatic heterocycles. The van der Waals surface area contributed by atoms with Crippen LogP contribution in [0.15, 0.2) is 16.8 Å². The third-order valence-electron chi connectivity index (χ3n) is 2.38. The first-order valence-electron chi connectivity index (χ1n) is 5.32. The highest BCUT2D eigenvalue weighted by Gasteiger charge is 2.16. The first-order chi connectivity index (χ1) is 7.84. The summed E-state index contributed by atoms with van der Waals surface area (Å²) in [5, 5.41) is 9.54. The maximum atomic E-state index is 11.5. The molecule has 0 saturated carbocycles. The molecule has 1 aromatic rings. The predicted molar refractivity (Wildman–Crippen MR) is 55.6 cm³/mol. The highest BCUT2D eigenvalue weighted by atomic mass is 16.5. The molecule has 6 heteroatoms. The molecule has 1 fully saturated rings. The lowest BCUT2D eigenvalue weighted by Crippen LogP contribution is -2.44. The van der Waals surface area contributed by atoms with Crippen molar-refractivity contribution in [3.63, 3.8) is 0 Å². The number of carbonyl (C=O) groups is 1. The van der Waals surface area contributed by atoms with E-state index in [1.807, 2.05) is 0 Å². The van der Waals surface area contributed by atoms with E-state index in [0.29, 0.717) is 25.3 Å². The lowest BCUT2D eigenvalue weighted by atomic mass is 10.2. The molecule has 6 nitrogen and oxygen atoms in total. The van der Waals surface area contributed by atoms with Crippen LogP contribution in [0.1, 0.15) is 12.2 Å². The van der Waals surface area contributed by atoms with Crippen LogP contribution in [0, 0.1) is 0 Å². The zero-order chi connectivity index (χ0) is 11.2. The number of ether oxygens (including phenoxy) is 1. The molecule has 88 valence electrons. The van der Waals surface area contributed by atoms with E-state index < -0.39 is 0 Å². The van der Waals surface area contributed by atoms with Crippen molar-refractivity contribution in [1.82, 2.24) is 15.8 Å². The molecule has 0 aliphatic carbocycles. The van der Waals surface area contributed by atoms with Crippen LogP contribution in [0.2, 0.25) is 0 Å². The number of aromatic nitrogens is 1. The van der Waals surface area contributed by atoms with Crippen molar-refractivity contribution in [1.29, 1.82) is 0 Å². The largest absolute Gasteiger partial charge is 0.378 e. The van der Waals surface area contributed by atoms with Gasteiger partial charge in [0.2, 0.25) is 5.91 Å². The first-order valence-corrected chi connectivity index (χ1v) is 5.32. The predicted octanol–water partition coefficient (Wildman–Crippen LogP) is -0.331. The number of amides is 1. The molecule has 2 heterocycles. The standard InChI is InChI=1S/C10H15N3O3/c14-10(5-8-7-15-4-3-11-8)12-6-9-1-2-13-16-9/h1-2,8,11H,3-7H2,(H,12,14). The fourth-order valence-electron chi connectivity index (χ4n) is 1.57. The van der Waals surface area contributed by atoms with Crippen LogP contribution in [-0.2, 0) is 16.1 Å². The minimum atomic E-state index is -0.0144. The molecule has 1 amide bonds. The molecule has 16 heavy (non-hydrogen) atoms. The van der Waals surface area contributed by atoms with Crippen molar-refractivity contribution < 1.29 is 14.1 Å². The van der Waals surface area contributed by atoms with E-state index in [1.165, 1.54) is 0 Å². The van der Waals surface area contributed by atoms with Gasteiger partial charge in [-0.2, -0.15) is 0 Å². The molecule has 2 N–H and O–H groups in total. The van der Waals surface area contributed by atoms with Gasteiger partial charge in [-0.1, -0.05) is 5.16 Å². The Morgan fingerprint density at radius 3 is 3.31 bits per heavy atom. The molecule has 2 rings (SSSR count). The molecular weight excluding hydrogens is 210 g/mol. The summed E-state index contributed by atoms with van der Waals surface area (Å²) in [5.74, 6) is 0.639. The normalized spacial score (nSPS) is 20.6. The zero-order valence-corrected chi connectivity index (χ0v) is 8.94. The van der Waals surface area contributed by atoms with E-state index in [9.17, 15) is 4.79 Å². The molecule has 1 unspecified atom stereocenters. The number of nitrogens with one attached hydrogen (secondary N) is 2. The molecule has 1 aliphatic rings. The lowest BCUT2D eigenvalue weighted by molar-refractivity contribution is -0.122. The summed E-state index contributed by atoms with van der Waals surface area (Å²) in [6, 6.07) is 1.84. The Bertz CT molecular complexity index is 320. The van der Waals surface area contributed by atoms with Gasteiger partial charge in [-0.3, -0.25) is 4.79 Å². The van der Waals surface area contributed by atoms with Crippen molar-refractivity contribution >= 4 is 5.91 Å². The van der Waals surface area contributed by atoms with Gasteiger partial charge in [-0.25, -0.2) is 0 Å². The number of rotatable bonds is 4. The van der Waals surface area contributed by atoms with E-state index in [-0.39, 0.29) is 11.9 Å². The average molecular weight is 225 g/mol. The van der Waals surface area contributed by atoms with E-state index in [1.54, 1.807) is 12.3 Å².